The van der Waals surface area contributed by atoms with Gasteiger partial charge in [0.25, 0.3) is 0 Å². The summed E-state index contributed by atoms with van der Waals surface area (Å²) in [6, 6.07) is -0.502. The lowest BCUT2D eigenvalue weighted by Gasteiger charge is -2.08. The van der Waals surface area contributed by atoms with E-state index in [2.05, 4.69) is 10.1 Å². The standard InChI is InChI=1S/C9H20N2O3/c1-14-9(13)8(10)4-2-3-5-11-6-7-12/h8,11-12H,2-7,10H2,1H3. The molecule has 0 aliphatic rings. The molecular weight excluding hydrogens is 184 g/mol. The van der Waals surface area contributed by atoms with Gasteiger partial charge in [0.15, 0.2) is 0 Å². The molecule has 0 aliphatic heterocycles. The first-order valence-electron chi connectivity index (χ1n) is 4.87. The Balaban J connectivity index is 3.23. The van der Waals surface area contributed by atoms with E-state index in [1.807, 2.05) is 0 Å². The number of ether oxygens (including phenoxy) is 1. The number of carbonyl (C=O) groups is 1. The summed E-state index contributed by atoms with van der Waals surface area (Å²) in [5.74, 6) is -0.353. The number of hydrogen-bond donors (Lipinski definition) is 3. The lowest BCUT2D eigenvalue weighted by atomic mass is 10.1. The predicted molar refractivity (Wildman–Crippen MR) is 53.8 cm³/mol. The maximum atomic E-state index is 10.9. The molecule has 4 N–H and O–H groups in total. The van der Waals surface area contributed by atoms with E-state index in [9.17, 15) is 4.79 Å². The number of carbonyl (C=O) groups excluding carboxylic acids is 1. The van der Waals surface area contributed by atoms with Gasteiger partial charge in [-0.15, -0.1) is 0 Å². The zero-order chi connectivity index (χ0) is 10.8. The highest BCUT2D eigenvalue weighted by molar-refractivity contribution is 5.75. The molecule has 0 aliphatic carbocycles. The predicted octanol–water partition coefficient (Wildman–Crippen LogP) is -0.761. The van der Waals surface area contributed by atoms with Crippen LogP contribution in [0.1, 0.15) is 19.3 Å². The number of esters is 1. The number of nitrogens with two attached hydrogens (primary N) is 1. The van der Waals surface area contributed by atoms with Crippen molar-refractivity contribution in [1.82, 2.24) is 5.32 Å². The van der Waals surface area contributed by atoms with Crippen LogP contribution in [0, 0.1) is 0 Å². The highest BCUT2D eigenvalue weighted by atomic mass is 16.5. The lowest BCUT2D eigenvalue weighted by Crippen LogP contribution is -2.31. The Morgan fingerprint density at radius 1 is 1.50 bits per heavy atom. The van der Waals surface area contributed by atoms with Crippen molar-refractivity contribution in [3.05, 3.63) is 0 Å². The third-order valence-electron chi connectivity index (χ3n) is 1.91. The zero-order valence-corrected chi connectivity index (χ0v) is 8.66. The normalized spacial score (nSPS) is 12.5. The molecule has 0 fully saturated rings. The minimum absolute atomic E-state index is 0.154. The number of methoxy groups -OCH3 is 1. The summed E-state index contributed by atoms with van der Waals surface area (Å²) >= 11 is 0. The average molecular weight is 204 g/mol. The Bertz CT molecular complexity index is 153. The first-order valence-corrected chi connectivity index (χ1v) is 4.87. The number of hydrogen-bond acceptors (Lipinski definition) is 5. The third-order valence-corrected chi connectivity index (χ3v) is 1.91. The summed E-state index contributed by atoms with van der Waals surface area (Å²) in [5.41, 5.74) is 5.53. The molecule has 5 nitrogen and oxygen atoms in total. The quantitative estimate of drug-likeness (QED) is 0.357. The highest BCUT2D eigenvalue weighted by Gasteiger charge is 2.11. The van der Waals surface area contributed by atoms with Crippen LogP contribution in [0.3, 0.4) is 0 Å². The van der Waals surface area contributed by atoms with Crippen molar-refractivity contribution in [2.24, 2.45) is 5.73 Å². The topological polar surface area (TPSA) is 84.6 Å². The number of aliphatic hydroxyl groups is 1. The molecule has 0 rings (SSSR count). The van der Waals surface area contributed by atoms with Gasteiger partial charge in [0.2, 0.25) is 0 Å². The molecule has 0 aromatic rings. The van der Waals surface area contributed by atoms with Crippen LogP contribution < -0.4 is 11.1 Å². The maximum Gasteiger partial charge on any atom is 0.322 e. The van der Waals surface area contributed by atoms with Gasteiger partial charge in [-0.1, -0.05) is 6.42 Å². The van der Waals surface area contributed by atoms with Crippen LogP contribution in [0.4, 0.5) is 0 Å². The average Bonchev–Trinajstić information content (AvgIpc) is 2.21. The van der Waals surface area contributed by atoms with Crippen LogP contribution in [0.15, 0.2) is 0 Å². The van der Waals surface area contributed by atoms with Gasteiger partial charge in [-0.25, -0.2) is 0 Å². The Morgan fingerprint density at radius 2 is 2.21 bits per heavy atom. The van der Waals surface area contributed by atoms with Crippen molar-refractivity contribution < 1.29 is 14.6 Å². The third kappa shape index (κ3) is 6.82. The number of rotatable bonds is 8. The second-order valence-corrected chi connectivity index (χ2v) is 3.10. The monoisotopic (exact) mass is 204 g/mol. The van der Waals surface area contributed by atoms with E-state index in [-0.39, 0.29) is 12.6 Å². The van der Waals surface area contributed by atoms with Crippen LogP contribution in [0.25, 0.3) is 0 Å². The Hall–Kier alpha value is -0.650. The van der Waals surface area contributed by atoms with E-state index in [1.54, 1.807) is 0 Å². The van der Waals surface area contributed by atoms with Gasteiger partial charge in [-0.3, -0.25) is 4.79 Å². The van der Waals surface area contributed by atoms with Gasteiger partial charge < -0.3 is 20.9 Å². The van der Waals surface area contributed by atoms with E-state index < -0.39 is 6.04 Å². The zero-order valence-electron chi connectivity index (χ0n) is 8.66. The lowest BCUT2D eigenvalue weighted by molar-refractivity contribution is -0.142. The SMILES string of the molecule is COC(=O)C(N)CCCCNCCO. The second kappa shape index (κ2) is 8.93. The smallest absolute Gasteiger partial charge is 0.322 e. The number of aliphatic hydroxyl groups excluding tert-OH is 1. The van der Waals surface area contributed by atoms with E-state index >= 15 is 0 Å². The van der Waals surface area contributed by atoms with Crippen LogP contribution >= 0.6 is 0 Å². The van der Waals surface area contributed by atoms with E-state index in [0.29, 0.717) is 13.0 Å². The number of unbranched alkanes of at least 4 members (excludes halogenated alkanes) is 1. The van der Waals surface area contributed by atoms with Gasteiger partial charge in [0.1, 0.15) is 6.04 Å². The fraction of sp³-hybridized carbons (Fsp3) is 0.889. The van der Waals surface area contributed by atoms with E-state index in [0.717, 1.165) is 19.4 Å². The molecule has 0 heterocycles. The van der Waals surface area contributed by atoms with Gasteiger partial charge in [-0.05, 0) is 19.4 Å². The Labute approximate surface area is 84.6 Å². The second-order valence-electron chi connectivity index (χ2n) is 3.10. The Kier molecular flexibility index (Phi) is 8.51. The first kappa shape index (κ1) is 13.4. The van der Waals surface area contributed by atoms with Crippen LogP contribution in [0.5, 0.6) is 0 Å². The van der Waals surface area contributed by atoms with Crippen LogP contribution in [-0.4, -0.2) is 43.9 Å². The summed E-state index contributed by atoms with van der Waals surface area (Å²) in [6.07, 6.45) is 2.48. The van der Waals surface area contributed by atoms with Crippen molar-refractivity contribution in [3.63, 3.8) is 0 Å². The molecule has 14 heavy (non-hydrogen) atoms. The molecule has 0 bridgehead atoms. The Morgan fingerprint density at radius 3 is 2.79 bits per heavy atom. The summed E-state index contributed by atoms with van der Waals surface area (Å²) in [4.78, 5) is 10.9. The van der Waals surface area contributed by atoms with Gasteiger partial charge in [0, 0.05) is 6.54 Å². The molecule has 1 unspecified atom stereocenters. The minimum atomic E-state index is -0.502. The molecule has 0 saturated heterocycles. The summed E-state index contributed by atoms with van der Waals surface area (Å²) in [6.45, 7) is 1.61. The first-order chi connectivity index (χ1) is 6.72. The van der Waals surface area contributed by atoms with Crippen molar-refractivity contribution in [2.75, 3.05) is 26.8 Å². The van der Waals surface area contributed by atoms with Crippen molar-refractivity contribution >= 4 is 5.97 Å². The summed E-state index contributed by atoms with van der Waals surface area (Å²) < 4.78 is 4.49. The molecular formula is C9H20N2O3. The van der Waals surface area contributed by atoms with Crippen molar-refractivity contribution in [1.29, 1.82) is 0 Å². The molecule has 0 radical (unpaired) electrons. The fourth-order valence-electron chi connectivity index (χ4n) is 1.09. The molecule has 0 aromatic carbocycles. The molecule has 0 amide bonds. The fourth-order valence-corrected chi connectivity index (χ4v) is 1.09. The van der Waals surface area contributed by atoms with E-state index in [1.165, 1.54) is 7.11 Å². The van der Waals surface area contributed by atoms with Gasteiger partial charge >= 0.3 is 5.97 Å². The van der Waals surface area contributed by atoms with Crippen LogP contribution in [-0.2, 0) is 9.53 Å². The summed E-state index contributed by atoms with van der Waals surface area (Å²) in [5, 5.41) is 11.5. The number of nitrogens with one attached hydrogen (secondary N) is 1. The van der Waals surface area contributed by atoms with E-state index in [4.69, 9.17) is 10.8 Å². The largest absolute Gasteiger partial charge is 0.468 e. The maximum absolute atomic E-state index is 10.9. The van der Waals surface area contributed by atoms with Crippen molar-refractivity contribution in [3.8, 4) is 0 Å². The molecule has 1 atom stereocenters. The molecule has 0 aromatic heterocycles. The van der Waals surface area contributed by atoms with Gasteiger partial charge in [-0.2, -0.15) is 0 Å². The molecule has 5 heteroatoms. The molecule has 0 spiro atoms. The van der Waals surface area contributed by atoms with Crippen LogP contribution in [0.2, 0.25) is 0 Å². The minimum Gasteiger partial charge on any atom is -0.468 e. The highest BCUT2D eigenvalue weighted by Crippen LogP contribution is 1.99. The summed E-state index contributed by atoms with van der Waals surface area (Å²) in [7, 11) is 1.34. The van der Waals surface area contributed by atoms with Gasteiger partial charge in [0.05, 0.1) is 13.7 Å². The van der Waals surface area contributed by atoms with Crippen molar-refractivity contribution in [2.45, 2.75) is 25.3 Å². The molecule has 84 valence electrons. The molecule has 0 saturated carbocycles.